The standard InChI is InChI=1S/C14H22N4O3/c1-10-6-4-5-7-18(10)12(19)8-15-13(20)11-9-17(2)16-14(11)21-3/h9-10H,4-8H2,1-3H3,(H,15,20). The lowest BCUT2D eigenvalue weighted by molar-refractivity contribution is -0.133. The van der Waals surface area contributed by atoms with Crippen molar-refractivity contribution < 1.29 is 14.3 Å². The SMILES string of the molecule is COc1nn(C)cc1C(=O)NCC(=O)N1CCCCC1C. The lowest BCUT2D eigenvalue weighted by Crippen LogP contribution is -2.46. The van der Waals surface area contributed by atoms with E-state index >= 15 is 0 Å². The summed E-state index contributed by atoms with van der Waals surface area (Å²) in [6, 6.07) is 0.246. The molecule has 7 heteroatoms. The molecule has 0 aliphatic carbocycles. The van der Waals surface area contributed by atoms with Gasteiger partial charge in [0.2, 0.25) is 11.8 Å². The van der Waals surface area contributed by atoms with Crippen LogP contribution in [0.3, 0.4) is 0 Å². The van der Waals surface area contributed by atoms with Gasteiger partial charge in [0.15, 0.2) is 0 Å². The van der Waals surface area contributed by atoms with Crippen molar-refractivity contribution in [1.82, 2.24) is 20.0 Å². The van der Waals surface area contributed by atoms with Gasteiger partial charge in [0.05, 0.1) is 13.7 Å². The predicted octanol–water partition coefficient (Wildman–Crippen LogP) is 0.559. The topological polar surface area (TPSA) is 76.5 Å². The summed E-state index contributed by atoms with van der Waals surface area (Å²) in [6.07, 6.45) is 4.78. The van der Waals surface area contributed by atoms with Crippen molar-refractivity contribution in [3.8, 4) is 5.88 Å². The van der Waals surface area contributed by atoms with Crippen LogP contribution in [0.4, 0.5) is 0 Å². The van der Waals surface area contributed by atoms with Gasteiger partial charge in [-0.1, -0.05) is 0 Å². The molecular formula is C14H22N4O3. The Labute approximate surface area is 124 Å². The molecule has 1 atom stereocenters. The number of nitrogens with one attached hydrogen (secondary N) is 1. The van der Waals surface area contributed by atoms with E-state index in [9.17, 15) is 9.59 Å². The molecule has 116 valence electrons. The van der Waals surface area contributed by atoms with Crippen LogP contribution in [0.25, 0.3) is 0 Å². The second-order valence-corrected chi connectivity index (χ2v) is 5.34. The number of carbonyl (C=O) groups is 2. The molecule has 1 aromatic heterocycles. The van der Waals surface area contributed by atoms with Crippen LogP contribution in [0.1, 0.15) is 36.5 Å². The summed E-state index contributed by atoms with van der Waals surface area (Å²) < 4.78 is 6.54. The van der Waals surface area contributed by atoms with E-state index in [-0.39, 0.29) is 30.3 Å². The van der Waals surface area contributed by atoms with E-state index in [1.54, 1.807) is 13.2 Å². The lowest BCUT2D eigenvalue weighted by Gasteiger charge is -2.33. The third-order valence-electron chi connectivity index (χ3n) is 3.76. The normalized spacial score (nSPS) is 18.4. The zero-order valence-electron chi connectivity index (χ0n) is 12.8. The van der Waals surface area contributed by atoms with Crippen molar-refractivity contribution in [2.75, 3.05) is 20.2 Å². The average molecular weight is 294 g/mol. The third-order valence-corrected chi connectivity index (χ3v) is 3.76. The smallest absolute Gasteiger partial charge is 0.258 e. The molecule has 1 aliphatic rings. The summed E-state index contributed by atoms with van der Waals surface area (Å²) in [5.41, 5.74) is 0.333. The van der Waals surface area contributed by atoms with Gasteiger partial charge < -0.3 is 15.0 Å². The van der Waals surface area contributed by atoms with Gasteiger partial charge in [-0.15, -0.1) is 5.10 Å². The molecule has 0 aromatic carbocycles. The Morgan fingerprint density at radius 1 is 1.48 bits per heavy atom. The maximum atomic E-state index is 12.2. The van der Waals surface area contributed by atoms with Crippen LogP contribution in [0.15, 0.2) is 6.20 Å². The second kappa shape index (κ2) is 6.60. The molecule has 21 heavy (non-hydrogen) atoms. The number of rotatable bonds is 4. The molecule has 2 rings (SSSR count). The predicted molar refractivity (Wildman–Crippen MR) is 77.1 cm³/mol. The van der Waals surface area contributed by atoms with Gasteiger partial charge in [0, 0.05) is 25.8 Å². The van der Waals surface area contributed by atoms with Gasteiger partial charge >= 0.3 is 0 Å². The Hall–Kier alpha value is -2.05. The van der Waals surface area contributed by atoms with E-state index in [1.165, 1.54) is 11.8 Å². The molecule has 0 saturated carbocycles. The number of likely N-dealkylation sites (tertiary alicyclic amines) is 1. The maximum absolute atomic E-state index is 12.2. The van der Waals surface area contributed by atoms with Gasteiger partial charge in [-0.25, -0.2) is 0 Å². The molecule has 2 amide bonds. The van der Waals surface area contributed by atoms with Gasteiger partial charge in [-0.3, -0.25) is 14.3 Å². The number of aromatic nitrogens is 2. The van der Waals surface area contributed by atoms with Crippen LogP contribution in [0.2, 0.25) is 0 Å². The number of hydrogen-bond donors (Lipinski definition) is 1. The Bertz CT molecular complexity index is 526. The van der Waals surface area contributed by atoms with Crippen molar-refractivity contribution >= 4 is 11.8 Å². The second-order valence-electron chi connectivity index (χ2n) is 5.34. The summed E-state index contributed by atoms with van der Waals surface area (Å²) in [5, 5.41) is 6.66. The van der Waals surface area contributed by atoms with Gasteiger partial charge in [-0.2, -0.15) is 0 Å². The van der Waals surface area contributed by atoms with Crippen molar-refractivity contribution in [3.05, 3.63) is 11.8 Å². The molecule has 1 aliphatic heterocycles. The number of methoxy groups -OCH3 is 1. The number of hydrogen-bond acceptors (Lipinski definition) is 4. The van der Waals surface area contributed by atoms with Crippen molar-refractivity contribution in [3.63, 3.8) is 0 Å². The van der Waals surface area contributed by atoms with E-state index in [1.807, 2.05) is 11.8 Å². The monoisotopic (exact) mass is 294 g/mol. The van der Waals surface area contributed by atoms with E-state index in [2.05, 4.69) is 10.4 Å². The summed E-state index contributed by atoms with van der Waals surface area (Å²) in [5.74, 6) is -0.134. The number of nitrogens with zero attached hydrogens (tertiary/aromatic N) is 3. The van der Waals surface area contributed by atoms with E-state index in [4.69, 9.17) is 4.74 Å². The van der Waals surface area contributed by atoms with Crippen LogP contribution in [-0.2, 0) is 11.8 Å². The van der Waals surface area contributed by atoms with Gasteiger partial charge in [0.25, 0.3) is 5.91 Å². The van der Waals surface area contributed by atoms with Crippen LogP contribution >= 0.6 is 0 Å². The van der Waals surface area contributed by atoms with E-state index < -0.39 is 0 Å². The first-order chi connectivity index (χ1) is 10.0. The summed E-state index contributed by atoms with van der Waals surface area (Å²) in [4.78, 5) is 26.1. The first-order valence-electron chi connectivity index (χ1n) is 7.18. The highest BCUT2D eigenvalue weighted by Gasteiger charge is 2.24. The minimum absolute atomic E-state index is 0.00121. The molecule has 0 spiro atoms. The molecule has 1 aromatic rings. The molecule has 1 saturated heterocycles. The number of aryl methyl sites for hydroxylation is 1. The minimum atomic E-state index is -0.349. The zero-order chi connectivity index (χ0) is 15.4. The molecule has 1 N–H and O–H groups in total. The zero-order valence-corrected chi connectivity index (χ0v) is 12.8. The first kappa shape index (κ1) is 15.3. The fraction of sp³-hybridized carbons (Fsp3) is 0.643. The quantitative estimate of drug-likeness (QED) is 0.880. The molecule has 1 fully saturated rings. The van der Waals surface area contributed by atoms with Crippen molar-refractivity contribution in [1.29, 1.82) is 0 Å². The fourth-order valence-corrected chi connectivity index (χ4v) is 2.60. The lowest BCUT2D eigenvalue weighted by atomic mass is 10.0. The van der Waals surface area contributed by atoms with Crippen molar-refractivity contribution in [2.45, 2.75) is 32.2 Å². The Balaban J connectivity index is 1.92. The average Bonchev–Trinajstić information content (AvgIpc) is 2.86. The molecule has 0 radical (unpaired) electrons. The summed E-state index contributed by atoms with van der Waals surface area (Å²) in [7, 11) is 3.17. The van der Waals surface area contributed by atoms with Crippen LogP contribution in [0.5, 0.6) is 5.88 Å². The Morgan fingerprint density at radius 2 is 2.24 bits per heavy atom. The maximum Gasteiger partial charge on any atom is 0.258 e. The van der Waals surface area contributed by atoms with Crippen LogP contribution < -0.4 is 10.1 Å². The molecule has 7 nitrogen and oxygen atoms in total. The first-order valence-corrected chi connectivity index (χ1v) is 7.18. The third kappa shape index (κ3) is 3.53. The van der Waals surface area contributed by atoms with Crippen LogP contribution in [0, 0.1) is 0 Å². The molecule has 2 heterocycles. The van der Waals surface area contributed by atoms with E-state index in [0.717, 1.165) is 25.8 Å². The Kier molecular flexibility index (Phi) is 4.82. The summed E-state index contributed by atoms with van der Waals surface area (Å²) >= 11 is 0. The largest absolute Gasteiger partial charge is 0.479 e. The Morgan fingerprint density at radius 3 is 2.90 bits per heavy atom. The number of ether oxygens (including phenoxy) is 1. The van der Waals surface area contributed by atoms with Crippen LogP contribution in [-0.4, -0.2) is 52.7 Å². The minimum Gasteiger partial charge on any atom is -0.479 e. The van der Waals surface area contributed by atoms with Gasteiger partial charge in [0.1, 0.15) is 5.56 Å². The highest BCUT2D eigenvalue weighted by molar-refractivity contribution is 5.98. The van der Waals surface area contributed by atoms with Crippen molar-refractivity contribution in [2.24, 2.45) is 7.05 Å². The highest BCUT2D eigenvalue weighted by Crippen LogP contribution is 2.17. The van der Waals surface area contributed by atoms with Gasteiger partial charge in [-0.05, 0) is 26.2 Å². The molecule has 1 unspecified atom stereocenters. The molecule has 0 bridgehead atoms. The number of piperidine rings is 1. The number of carbonyl (C=O) groups excluding carboxylic acids is 2. The summed E-state index contributed by atoms with van der Waals surface area (Å²) in [6.45, 7) is 2.82. The van der Waals surface area contributed by atoms with E-state index in [0.29, 0.717) is 5.56 Å². The number of amides is 2. The fourth-order valence-electron chi connectivity index (χ4n) is 2.60. The molecular weight excluding hydrogens is 272 g/mol. The highest BCUT2D eigenvalue weighted by atomic mass is 16.5.